The average molecular weight is 296 g/mol. The van der Waals surface area contributed by atoms with Gasteiger partial charge in [0.25, 0.3) is 0 Å². The molecule has 0 aliphatic heterocycles. The van der Waals surface area contributed by atoms with E-state index in [1.807, 2.05) is 25.3 Å². The third-order valence-corrected chi connectivity index (χ3v) is 4.41. The van der Waals surface area contributed by atoms with Crippen molar-refractivity contribution in [2.24, 2.45) is 0 Å². The lowest BCUT2D eigenvalue weighted by Gasteiger charge is -2.17. The van der Waals surface area contributed by atoms with Crippen LogP contribution < -0.4 is 5.73 Å². The minimum Gasteiger partial charge on any atom is -0.383 e. The van der Waals surface area contributed by atoms with Crippen LogP contribution in [-0.2, 0) is 4.79 Å². The van der Waals surface area contributed by atoms with E-state index in [0.717, 1.165) is 23.3 Å². The van der Waals surface area contributed by atoms with Crippen LogP contribution in [0.25, 0.3) is 10.2 Å². The number of carbonyl (C=O) groups excluding carboxylic acids is 1. The maximum atomic E-state index is 11.9. The molecule has 2 heterocycles. The minimum atomic E-state index is 0.100. The van der Waals surface area contributed by atoms with Crippen LogP contribution in [0, 0.1) is 0 Å². The summed E-state index contributed by atoms with van der Waals surface area (Å²) in [5, 5.41) is 3.38. The number of fused-ring (bicyclic) bond motifs is 1. The molecule has 2 aromatic rings. The zero-order chi connectivity index (χ0) is 13.8. The van der Waals surface area contributed by atoms with Crippen LogP contribution in [0.5, 0.6) is 0 Å². The van der Waals surface area contributed by atoms with Crippen LogP contribution >= 0.6 is 23.1 Å². The Morgan fingerprint density at radius 2 is 2.16 bits per heavy atom. The van der Waals surface area contributed by atoms with Gasteiger partial charge in [0.1, 0.15) is 10.6 Å². The molecule has 0 saturated carbocycles. The average Bonchev–Trinajstić information content (AvgIpc) is 2.86. The summed E-state index contributed by atoms with van der Waals surface area (Å²) in [5.74, 6) is 0.922. The summed E-state index contributed by atoms with van der Waals surface area (Å²) in [6.07, 6.45) is 0. The Morgan fingerprint density at radius 3 is 2.84 bits per heavy atom. The van der Waals surface area contributed by atoms with E-state index in [2.05, 4.69) is 9.97 Å². The molecule has 19 heavy (non-hydrogen) atoms. The SMILES string of the molecule is CCN(CC)C(=O)CSc1nc(N)c2ccsc2n1. The molecule has 2 N–H and O–H groups in total. The predicted molar refractivity (Wildman–Crippen MR) is 80.5 cm³/mol. The van der Waals surface area contributed by atoms with Crippen LogP contribution in [0.4, 0.5) is 5.82 Å². The topological polar surface area (TPSA) is 72.1 Å². The van der Waals surface area contributed by atoms with Gasteiger partial charge in [-0.25, -0.2) is 9.97 Å². The van der Waals surface area contributed by atoms with Gasteiger partial charge in [0, 0.05) is 13.1 Å². The van der Waals surface area contributed by atoms with E-state index in [4.69, 9.17) is 5.73 Å². The maximum Gasteiger partial charge on any atom is 0.233 e. The summed E-state index contributed by atoms with van der Waals surface area (Å²) in [6.45, 7) is 5.39. The number of carbonyl (C=O) groups is 1. The van der Waals surface area contributed by atoms with Gasteiger partial charge in [-0.3, -0.25) is 4.79 Å². The molecule has 0 aliphatic rings. The number of thioether (sulfide) groups is 1. The van der Waals surface area contributed by atoms with Gasteiger partial charge >= 0.3 is 0 Å². The lowest BCUT2D eigenvalue weighted by atomic mass is 10.4. The third kappa shape index (κ3) is 3.16. The van der Waals surface area contributed by atoms with Gasteiger partial charge < -0.3 is 10.6 Å². The van der Waals surface area contributed by atoms with E-state index in [1.54, 1.807) is 4.90 Å². The summed E-state index contributed by atoms with van der Waals surface area (Å²) < 4.78 is 0. The number of nitrogens with two attached hydrogens (primary N) is 1. The van der Waals surface area contributed by atoms with E-state index >= 15 is 0 Å². The van der Waals surface area contributed by atoms with Crippen LogP contribution in [0.15, 0.2) is 16.6 Å². The van der Waals surface area contributed by atoms with Gasteiger partial charge in [-0.15, -0.1) is 11.3 Å². The fourth-order valence-corrected chi connectivity index (χ4v) is 3.30. The third-order valence-electron chi connectivity index (χ3n) is 2.77. The highest BCUT2D eigenvalue weighted by atomic mass is 32.2. The number of rotatable bonds is 5. The maximum absolute atomic E-state index is 11.9. The number of amides is 1. The Labute approximate surface area is 120 Å². The first-order chi connectivity index (χ1) is 9.15. The van der Waals surface area contributed by atoms with Crippen molar-refractivity contribution in [3.63, 3.8) is 0 Å². The quantitative estimate of drug-likeness (QED) is 0.676. The first kappa shape index (κ1) is 14.1. The first-order valence-electron chi connectivity index (χ1n) is 6.07. The van der Waals surface area contributed by atoms with Gasteiger partial charge in [-0.05, 0) is 25.3 Å². The highest BCUT2D eigenvalue weighted by molar-refractivity contribution is 7.99. The monoisotopic (exact) mass is 296 g/mol. The molecule has 0 atom stereocenters. The minimum absolute atomic E-state index is 0.100. The highest BCUT2D eigenvalue weighted by Crippen LogP contribution is 2.26. The summed E-state index contributed by atoms with van der Waals surface area (Å²) in [7, 11) is 0. The molecule has 0 aromatic carbocycles. The van der Waals surface area contributed by atoms with Crippen molar-refractivity contribution in [1.29, 1.82) is 0 Å². The highest BCUT2D eigenvalue weighted by Gasteiger charge is 2.12. The summed E-state index contributed by atoms with van der Waals surface area (Å²) >= 11 is 2.86. The van der Waals surface area contributed by atoms with Crippen LogP contribution in [-0.4, -0.2) is 39.6 Å². The standard InChI is InChI=1S/C12H16N4OS2/c1-3-16(4-2)9(17)7-19-12-14-10(13)8-5-6-18-11(8)15-12/h5-6H,3-4,7H2,1-2H3,(H2,13,14,15). The molecular weight excluding hydrogens is 280 g/mol. The molecule has 5 nitrogen and oxygen atoms in total. The van der Waals surface area contributed by atoms with Crippen molar-refractivity contribution in [3.8, 4) is 0 Å². The smallest absolute Gasteiger partial charge is 0.233 e. The fourth-order valence-electron chi connectivity index (χ4n) is 1.72. The summed E-state index contributed by atoms with van der Waals surface area (Å²) in [5.41, 5.74) is 5.87. The van der Waals surface area contributed by atoms with Crippen LogP contribution in [0.1, 0.15) is 13.8 Å². The Morgan fingerprint density at radius 1 is 1.42 bits per heavy atom. The summed E-state index contributed by atoms with van der Waals surface area (Å²) in [6, 6.07) is 1.91. The molecule has 0 fully saturated rings. The second-order valence-corrected chi connectivity index (χ2v) is 5.72. The molecule has 2 aromatic heterocycles. The van der Waals surface area contributed by atoms with E-state index in [1.165, 1.54) is 23.1 Å². The number of hydrogen-bond acceptors (Lipinski definition) is 6. The molecule has 2 rings (SSSR count). The van der Waals surface area contributed by atoms with Crippen molar-refractivity contribution in [2.75, 3.05) is 24.6 Å². The second kappa shape index (κ2) is 6.21. The Bertz CT molecular complexity index is 580. The first-order valence-corrected chi connectivity index (χ1v) is 7.93. The molecule has 1 amide bonds. The zero-order valence-electron chi connectivity index (χ0n) is 10.9. The number of nitrogens with zero attached hydrogens (tertiary/aromatic N) is 3. The van der Waals surface area contributed by atoms with E-state index in [0.29, 0.717) is 16.7 Å². The van der Waals surface area contributed by atoms with Crippen molar-refractivity contribution in [1.82, 2.24) is 14.9 Å². The molecular formula is C12H16N4OS2. The molecule has 0 radical (unpaired) electrons. The lowest BCUT2D eigenvalue weighted by Crippen LogP contribution is -2.31. The molecule has 0 spiro atoms. The predicted octanol–water partition coefficient (Wildman–Crippen LogP) is 2.23. The van der Waals surface area contributed by atoms with E-state index in [9.17, 15) is 4.79 Å². The van der Waals surface area contributed by atoms with E-state index in [-0.39, 0.29) is 5.91 Å². The zero-order valence-corrected chi connectivity index (χ0v) is 12.6. The van der Waals surface area contributed by atoms with Gasteiger partial charge in [-0.2, -0.15) is 0 Å². The Kier molecular flexibility index (Phi) is 4.60. The molecule has 102 valence electrons. The number of nitrogen functional groups attached to an aromatic ring is 1. The second-order valence-electron chi connectivity index (χ2n) is 3.89. The van der Waals surface area contributed by atoms with Crippen molar-refractivity contribution in [2.45, 2.75) is 19.0 Å². The fraction of sp³-hybridized carbons (Fsp3) is 0.417. The largest absolute Gasteiger partial charge is 0.383 e. The van der Waals surface area contributed by atoms with Gasteiger partial charge in [0.15, 0.2) is 5.16 Å². The number of anilines is 1. The molecule has 0 unspecified atom stereocenters. The van der Waals surface area contributed by atoms with Crippen LogP contribution in [0.3, 0.4) is 0 Å². The lowest BCUT2D eigenvalue weighted by molar-refractivity contribution is -0.127. The molecule has 0 saturated heterocycles. The molecule has 7 heteroatoms. The van der Waals surface area contributed by atoms with Gasteiger partial charge in [0.05, 0.1) is 11.1 Å². The van der Waals surface area contributed by atoms with Crippen LogP contribution in [0.2, 0.25) is 0 Å². The van der Waals surface area contributed by atoms with E-state index < -0.39 is 0 Å². The number of thiophene rings is 1. The normalized spacial score (nSPS) is 10.8. The molecule has 0 bridgehead atoms. The Balaban J connectivity index is 2.07. The Hall–Kier alpha value is -1.34. The summed E-state index contributed by atoms with van der Waals surface area (Å²) in [4.78, 5) is 23.2. The van der Waals surface area contributed by atoms with Crippen molar-refractivity contribution >= 4 is 45.0 Å². The van der Waals surface area contributed by atoms with Gasteiger partial charge in [0.2, 0.25) is 5.91 Å². The van der Waals surface area contributed by atoms with Gasteiger partial charge in [-0.1, -0.05) is 11.8 Å². The molecule has 0 aliphatic carbocycles. The van der Waals surface area contributed by atoms with Crippen molar-refractivity contribution < 1.29 is 4.79 Å². The number of aromatic nitrogens is 2. The number of hydrogen-bond donors (Lipinski definition) is 1. The van der Waals surface area contributed by atoms with Crippen molar-refractivity contribution in [3.05, 3.63) is 11.4 Å².